The Balaban J connectivity index is 2.54. The number of aromatic nitrogens is 2. The van der Waals surface area contributed by atoms with E-state index in [4.69, 9.17) is 0 Å². The number of benzene rings is 1. The van der Waals surface area contributed by atoms with Crippen LogP contribution in [0.4, 0.5) is 0 Å². The first-order valence-electron chi connectivity index (χ1n) is 6.12. The van der Waals surface area contributed by atoms with E-state index < -0.39 is 0 Å². The smallest absolute Gasteiger partial charge is 0.217 e. The highest BCUT2D eigenvalue weighted by molar-refractivity contribution is 5.71. The predicted molar refractivity (Wildman–Crippen MR) is 69.0 cm³/mol. The van der Waals surface area contributed by atoms with E-state index in [1.54, 1.807) is 4.68 Å². The van der Waals surface area contributed by atoms with Gasteiger partial charge in [-0.3, -0.25) is 0 Å². The molecule has 3 nitrogen and oxygen atoms in total. The van der Waals surface area contributed by atoms with Gasteiger partial charge in [0.2, 0.25) is 5.88 Å². The van der Waals surface area contributed by atoms with Gasteiger partial charge in [0.1, 0.15) is 0 Å². The minimum absolute atomic E-state index is 0.280. The summed E-state index contributed by atoms with van der Waals surface area (Å²) in [4.78, 5) is 0. The number of aryl methyl sites for hydroxylation is 2. The van der Waals surface area contributed by atoms with Crippen molar-refractivity contribution in [3.05, 3.63) is 36.0 Å². The van der Waals surface area contributed by atoms with Crippen LogP contribution < -0.4 is 0 Å². The molecule has 0 saturated heterocycles. The molecule has 0 bridgehead atoms. The Hall–Kier alpha value is -1.77. The zero-order chi connectivity index (χ0) is 12.3. The van der Waals surface area contributed by atoms with E-state index in [0.29, 0.717) is 6.54 Å². The molecule has 0 atom stereocenters. The molecule has 0 amide bonds. The third-order valence-corrected chi connectivity index (χ3v) is 2.85. The Bertz CT molecular complexity index is 488. The molecule has 0 aliphatic heterocycles. The molecular formula is C14H18N2O. The zero-order valence-corrected chi connectivity index (χ0v) is 10.3. The van der Waals surface area contributed by atoms with Gasteiger partial charge in [-0.25, -0.2) is 4.68 Å². The summed E-state index contributed by atoms with van der Waals surface area (Å²) in [5, 5.41) is 14.7. The lowest BCUT2D eigenvalue weighted by molar-refractivity contribution is 0.406. The molecule has 0 saturated carbocycles. The van der Waals surface area contributed by atoms with Crippen LogP contribution in [-0.2, 0) is 13.0 Å². The average Bonchev–Trinajstić information content (AvgIpc) is 2.67. The second-order valence-corrected chi connectivity index (χ2v) is 4.08. The third-order valence-electron chi connectivity index (χ3n) is 2.85. The highest BCUT2D eigenvalue weighted by Crippen LogP contribution is 2.33. The molecule has 1 aromatic carbocycles. The molecule has 2 rings (SSSR count). The van der Waals surface area contributed by atoms with Crippen molar-refractivity contribution < 1.29 is 5.11 Å². The van der Waals surface area contributed by atoms with Gasteiger partial charge in [0.15, 0.2) is 0 Å². The number of nitrogens with zero attached hydrogens (tertiary/aromatic N) is 2. The molecule has 0 aliphatic carbocycles. The van der Waals surface area contributed by atoms with Gasteiger partial charge in [-0.2, -0.15) is 5.10 Å². The lowest BCUT2D eigenvalue weighted by Crippen LogP contribution is -1.96. The van der Waals surface area contributed by atoms with Crippen molar-refractivity contribution in [1.82, 2.24) is 9.78 Å². The maximum atomic E-state index is 10.2. The molecular weight excluding hydrogens is 212 g/mol. The standard InChI is InChI=1S/C14H18N2O/c1-3-8-12-13(11-9-6-5-7-10-11)14(17)16(4-2)15-12/h5-7,9-10,17H,3-4,8H2,1-2H3. The average molecular weight is 230 g/mol. The Morgan fingerprint density at radius 1 is 1.18 bits per heavy atom. The number of hydrogen-bond donors (Lipinski definition) is 1. The number of hydrogen-bond acceptors (Lipinski definition) is 2. The summed E-state index contributed by atoms with van der Waals surface area (Å²) in [6.07, 6.45) is 1.92. The summed E-state index contributed by atoms with van der Waals surface area (Å²) in [7, 11) is 0. The number of rotatable bonds is 4. The van der Waals surface area contributed by atoms with Gasteiger partial charge in [-0.05, 0) is 18.9 Å². The Morgan fingerprint density at radius 2 is 1.88 bits per heavy atom. The van der Waals surface area contributed by atoms with Crippen molar-refractivity contribution in [2.24, 2.45) is 0 Å². The van der Waals surface area contributed by atoms with E-state index in [1.807, 2.05) is 37.3 Å². The highest BCUT2D eigenvalue weighted by Gasteiger charge is 2.17. The van der Waals surface area contributed by atoms with Gasteiger partial charge >= 0.3 is 0 Å². The Labute approximate surface area is 102 Å². The van der Waals surface area contributed by atoms with Gasteiger partial charge < -0.3 is 5.11 Å². The van der Waals surface area contributed by atoms with E-state index in [1.165, 1.54) is 0 Å². The lowest BCUT2D eigenvalue weighted by atomic mass is 10.0. The van der Waals surface area contributed by atoms with Crippen molar-refractivity contribution in [3.63, 3.8) is 0 Å². The molecule has 90 valence electrons. The Kier molecular flexibility index (Phi) is 3.47. The lowest BCUT2D eigenvalue weighted by Gasteiger charge is -2.02. The Morgan fingerprint density at radius 3 is 2.47 bits per heavy atom. The van der Waals surface area contributed by atoms with E-state index in [9.17, 15) is 5.11 Å². The molecule has 0 unspecified atom stereocenters. The van der Waals surface area contributed by atoms with Crippen LogP contribution in [0.25, 0.3) is 11.1 Å². The molecule has 0 aliphatic rings. The van der Waals surface area contributed by atoms with Crippen LogP contribution in [0.3, 0.4) is 0 Å². The fraction of sp³-hybridized carbons (Fsp3) is 0.357. The van der Waals surface area contributed by atoms with Gasteiger partial charge in [-0.15, -0.1) is 0 Å². The summed E-state index contributed by atoms with van der Waals surface area (Å²) in [5.74, 6) is 0.280. The normalized spacial score (nSPS) is 10.7. The van der Waals surface area contributed by atoms with Crippen LogP contribution in [-0.4, -0.2) is 14.9 Å². The fourth-order valence-corrected chi connectivity index (χ4v) is 2.03. The summed E-state index contributed by atoms with van der Waals surface area (Å²) in [6.45, 7) is 4.80. The highest BCUT2D eigenvalue weighted by atomic mass is 16.3. The molecule has 17 heavy (non-hydrogen) atoms. The molecule has 1 aromatic heterocycles. The van der Waals surface area contributed by atoms with Crippen molar-refractivity contribution in [3.8, 4) is 17.0 Å². The zero-order valence-electron chi connectivity index (χ0n) is 10.3. The van der Waals surface area contributed by atoms with Crippen molar-refractivity contribution in [1.29, 1.82) is 0 Å². The second kappa shape index (κ2) is 5.04. The second-order valence-electron chi connectivity index (χ2n) is 4.08. The summed E-state index contributed by atoms with van der Waals surface area (Å²) >= 11 is 0. The molecule has 2 aromatic rings. The molecule has 0 radical (unpaired) electrons. The van der Waals surface area contributed by atoms with Crippen LogP contribution in [0.1, 0.15) is 26.0 Å². The maximum absolute atomic E-state index is 10.2. The van der Waals surface area contributed by atoms with Crippen LogP contribution in [0.2, 0.25) is 0 Å². The van der Waals surface area contributed by atoms with Gasteiger partial charge in [0, 0.05) is 6.54 Å². The minimum atomic E-state index is 0.280. The first-order chi connectivity index (χ1) is 8.27. The summed E-state index contributed by atoms with van der Waals surface area (Å²) in [6, 6.07) is 9.96. The van der Waals surface area contributed by atoms with Crippen LogP contribution >= 0.6 is 0 Å². The first-order valence-corrected chi connectivity index (χ1v) is 6.12. The molecule has 1 N–H and O–H groups in total. The van der Waals surface area contributed by atoms with Crippen molar-refractivity contribution in [2.45, 2.75) is 33.2 Å². The summed E-state index contributed by atoms with van der Waals surface area (Å²) < 4.78 is 1.66. The van der Waals surface area contributed by atoms with Gasteiger partial charge in [-0.1, -0.05) is 43.7 Å². The monoisotopic (exact) mass is 230 g/mol. The van der Waals surface area contributed by atoms with Crippen LogP contribution in [0.5, 0.6) is 5.88 Å². The fourth-order valence-electron chi connectivity index (χ4n) is 2.03. The maximum Gasteiger partial charge on any atom is 0.217 e. The summed E-state index contributed by atoms with van der Waals surface area (Å²) in [5.41, 5.74) is 2.90. The SMILES string of the molecule is CCCc1nn(CC)c(O)c1-c1ccccc1. The minimum Gasteiger partial charge on any atom is -0.493 e. The quantitative estimate of drug-likeness (QED) is 0.875. The van der Waals surface area contributed by atoms with E-state index in [-0.39, 0.29) is 5.88 Å². The molecule has 3 heteroatoms. The van der Waals surface area contributed by atoms with Gasteiger partial charge in [0.25, 0.3) is 0 Å². The third kappa shape index (κ3) is 2.18. The first kappa shape index (κ1) is 11.7. The van der Waals surface area contributed by atoms with E-state index in [2.05, 4.69) is 12.0 Å². The predicted octanol–water partition coefficient (Wildman–Crippen LogP) is 3.23. The number of aromatic hydroxyl groups is 1. The van der Waals surface area contributed by atoms with Crippen LogP contribution in [0.15, 0.2) is 30.3 Å². The van der Waals surface area contributed by atoms with Crippen molar-refractivity contribution in [2.75, 3.05) is 0 Å². The van der Waals surface area contributed by atoms with E-state index in [0.717, 1.165) is 29.7 Å². The topological polar surface area (TPSA) is 38.0 Å². The molecule has 0 fully saturated rings. The largest absolute Gasteiger partial charge is 0.493 e. The van der Waals surface area contributed by atoms with Gasteiger partial charge in [0.05, 0.1) is 11.3 Å². The molecule has 0 spiro atoms. The van der Waals surface area contributed by atoms with Crippen LogP contribution in [0, 0.1) is 0 Å². The molecule has 1 heterocycles. The van der Waals surface area contributed by atoms with E-state index >= 15 is 0 Å². The van der Waals surface area contributed by atoms with Crippen molar-refractivity contribution >= 4 is 0 Å².